The minimum Gasteiger partial charge on any atom is -0.508 e. The molecule has 4 spiro atoms. The monoisotopic (exact) mass is 946 g/mol. The molecule has 16 atom stereocenters. The number of fused-ring (bicyclic) bond motifs is 8. The van der Waals surface area contributed by atoms with Crippen LogP contribution in [0.4, 0.5) is 0 Å². The number of rotatable bonds is 5. The van der Waals surface area contributed by atoms with Gasteiger partial charge in [-0.25, -0.2) is 4.79 Å². The fraction of sp³-hybridized carbons (Fsp3) is 0.742. The Morgan fingerprint density at radius 3 is 2.53 bits per heavy atom. The highest BCUT2D eigenvalue weighted by Gasteiger charge is 2.94. The lowest BCUT2D eigenvalue weighted by Crippen LogP contribution is -2.78. The molecule has 1 aromatic carbocycles. The molecule has 372 valence electrons. The molecular weight excluding hydrogens is 867 g/mol. The standard InChI is InChI=1S/C62H79N3O5/c1-34-27-39-17-19-47-41-28-42-33-65(47)54(39)51-43-21-25-60-56(55(66)44-18-20-48(42)64(32-41)53(44)40-12-7-24-59(31-40)22-4-5-23-59)69-58(68)61(60)49(62(60)46-14-6-11-36(13-8-26-63)50(46)57(67)70-62)30-37(35-9-2-3-10-35)15-16-38(52(43)61)29-45(34)51/h6,11,14-16,34-35,37-38,40-42,44-45,47-49,51,53,66H,2-5,7-10,12-13,17-33,63H2,1H3. The van der Waals surface area contributed by atoms with Crippen LogP contribution in [0.5, 0.6) is 0 Å². The van der Waals surface area contributed by atoms with Crippen molar-refractivity contribution in [1.29, 1.82) is 0 Å². The van der Waals surface area contributed by atoms with E-state index >= 15 is 9.59 Å². The number of hydrogen-bond acceptors (Lipinski definition) is 8. The van der Waals surface area contributed by atoms with Crippen molar-refractivity contribution in [2.24, 2.45) is 87.1 Å². The number of aryl methyl sites for hydroxylation is 1. The molecule has 8 fully saturated rings. The van der Waals surface area contributed by atoms with Gasteiger partial charge in [0.2, 0.25) is 0 Å². The first kappa shape index (κ1) is 43.1. The number of benzene rings is 1. The number of nitrogens with two attached hydrogens (primary N) is 1. The summed E-state index contributed by atoms with van der Waals surface area (Å²) in [6.45, 7) is 5.43. The van der Waals surface area contributed by atoms with E-state index in [0.717, 1.165) is 56.2 Å². The molecule has 4 saturated heterocycles. The van der Waals surface area contributed by atoms with Gasteiger partial charge in [0, 0.05) is 60.2 Å². The van der Waals surface area contributed by atoms with Crippen LogP contribution in [-0.4, -0.2) is 64.6 Å². The number of carbonyl (C=O) groups excluding carboxylic acids is 2. The molecular formula is C62H79N3O5. The van der Waals surface area contributed by atoms with Crippen LogP contribution in [-0.2, 0) is 26.3 Å². The lowest BCUT2D eigenvalue weighted by Gasteiger charge is -2.73. The van der Waals surface area contributed by atoms with E-state index in [0.29, 0.717) is 95.4 Å². The summed E-state index contributed by atoms with van der Waals surface area (Å²) in [6, 6.07) is 7.77. The zero-order chi connectivity index (χ0) is 46.6. The maximum Gasteiger partial charge on any atom is 0.339 e. The second-order valence-electron chi connectivity index (χ2n) is 27.2. The number of esters is 2. The molecule has 8 nitrogen and oxygen atoms in total. The van der Waals surface area contributed by atoms with E-state index in [9.17, 15) is 5.11 Å². The summed E-state index contributed by atoms with van der Waals surface area (Å²) in [4.78, 5) is 38.0. The Bertz CT molecular complexity index is 2600. The van der Waals surface area contributed by atoms with Crippen molar-refractivity contribution in [2.75, 3.05) is 19.6 Å². The Labute approximate surface area is 416 Å². The van der Waals surface area contributed by atoms with Crippen LogP contribution in [0.3, 0.4) is 0 Å². The largest absolute Gasteiger partial charge is 0.508 e. The number of piperidine rings is 3. The predicted octanol–water partition coefficient (Wildman–Crippen LogP) is 11.6. The number of hydrogen-bond donors (Lipinski definition) is 2. The molecule has 16 rings (SSSR count). The topological polar surface area (TPSA) is 105 Å². The van der Waals surface area contributed by atoms with Crippen molar-refractivity contribution in [1.82, 2.24) is 9.80 Å². The van der Waals surface area contributed by atoms with Gasteiger partial charge in [0.25, 0.3) is 0 Å². The van der Waals surface area contributed by atoms with E-state index < -0.39 is 16.4 Å². The van der Waals surface area contributed by atoms with Crippen LogP contribution in [0.1, 0.15) is 176 Å². The molecule has 7 bridgehead atoms. The summed E-state index contributed by atoms with van der Waals surface area (Å²) < 4.78 is 14.8. The molecule has 1 aromatic rings. The van der Waals surface area contributed by atoms with E-state index in [1.165, 1.54) is 115 Å². The molecule has 3 N–H and O–H groups in total. The molecule has 7 aliphatic heterocycles. The Kier molecular flexibility index (Phi) is 9.17. The van der Waals surface area contributed by atoms with Gasteiger partial charge in [0.05, 0.1) is 11.0 Å². The zero-order valence-electron chi connectivity index (χ0n) is 42.1. The smallest absolute Gasteiger partial charge is 0.339 e. The fourth-order valence-corrected chi connectivity index (χ4v) is 22.8. The highest BCUT2D eigenvalue weighted by Crippen LogP contribution is 2.88. The summed E-state index contributed by atoms with van der Waals surface area (Å²) in [5, 5.41) is 14.1. The number of ether oxygens (including phenoxy) is 2. The van der Waals surface area contributed by atoms with E-state index in [1.54, 1.807) is 16.8 Å². The maximum atomic E-state index is 16.6. The lowest BCUT2D eigenvalue weighted by molar-refractivity contribution is -0.282. The van der Waals surface area contributed by atoms with Crippen molar-refractivity contribution in [3.05, 3.63) is 81.0 Å². The van der Waals surface area contributed by atoms with Crippen molar-refractivity contribution in [3.63, 3.8) is 0 Å². The first-order chi connectivity index (χ1) is 34.2. The number of nitrogens with zero attached hydrogens (tertiary/aromatic N) is 2. The second-order valence-corrected chi connectivity index (χ2v) is 27.2. The van der Waals surface area contributed by atoms with Gasteiger partial charge in [0.1, 0.15) is 11.2 Å². The fourth-order valence-electron chi connectivity index (χ4n) is 22.8. The van der Waals surface area contributed by atoms with Crippen molar-refractivity contribution >= 4 is 11.9 Å². The van der Waals surface area contributed by atoms with Gasteiger partial charge in [-0.2, -0.15) is 0 Å². The molecule has 8 aliphatic carbocycles. The molecule has 7 heterocycles. The van der Waals surface area contributed by atoms with E-state index in [4.69, 9.17) is 15.2 Å². The van der Waals surface area contributed by atoms with Gasteiger partial charge in [0.15, 0.2) is 11.4 Å². The molecule has 4 saturated carbocycles. The van der Waals surface area contributed by atoms with Crippen LogP contribution < -0.4 is 5.73 Å². The minimum absolute atomic E-state index is 0.114. The second kappa shape index (κ2) is 14.9. The number of aliphatic hydroxyl groups excluding tert-OH is 1. The SMILES string of the molecule is CC1CC2=C3C4C5=C6C(C=CC(C7CCCC7)CC7C68C(=O)OC(=C(O)C6CCC9C%10CC(CN9C6C6CCCC9(CCCC9)C6)C(CC2)N3C%10)C8(CC5)C72OC(=O)c3c(CCCN)cccc32)CC14. The lowest BCUT2D eigenvalue weighted by atomic mass is 9.27. The van der Waals surface area contributed by atoms with Crippen LogP contribution in [0, 0.1) is 81.3 Å². The van der Waals surface area contributed by atoms with Gasteiger partial charge >= 0.3 is 11.9 Å². The van der Waals surface area contributed by atoms with E-state index in [1.807, 2.05) is 0 Å². The van der Waals surface area contributed by atoms with Crippen molar-refractivity contribution < 1.29 is 24.2 Å². The molecule has 0 amide bonds. The Balaban J connectivity index is 0.991. The normalized spacial score (nSPS) is 46.8. The zero-order valence-corrected chi connectivity index (χ0v) is 42.1. The third-order valence-electron chi connectivity index (χ3n) is 24.9. The predicted molar refractivity (Wildman–Crippen MR) is 268 cm³/mol. The van der Waals surface area contributed by atoms with E-state index in [2.05, 4.69) is 47.1 Å². The first-order valence-electron chi connectivity index (χ1n) is 29.6. The van der Waals surface area contributed by atoms with Crippen LogP contribution >= 0.6 is 0 Å². The third kappa shape index (κ3) is 5.10. The van der Waals surface area contributed by atoms with E-state index in [-0.39, 0.29) is 41.7 Å². The van der Waals surface area contributed by atoms with Crippen molar-refractivity contribution in [2.45, 2.75) is 185 Å². The summed E-state index contributed by atoms with van der Waals surface area (Å²) in [5.74, 6) is 4.20. The van der Waals surface area contributed by atoms with Gasteiger partial charge in [-0.15, -0.1) is 0 Å². The van der Waals surface area contributed by atoms with Gasteiger partial charge in [-0.3, -0.25) is 9.69 Å². The first-order valence-corrected chi connectivity index (χ1v) is 29.6. The highest BCUT2D eigenvalue weighted by molar-refractivity contribution is 6.00. The molecule has 0 aromatic heterocycles. The minimum atomic E-state index is -1.13. The molecule has 70 heavy (non-hydrogen) atoms. The summed E-state index contributed by atoms with van der Waals surface area (Å²) in [6.07, 6.45) is 32.7. The molecule has 15 aliphatic rings. The number of allylic oxidation sites excluding steroid dienone is 4. The Morgan fingerprint density at radius 1 is 0.843 bits per heavy atom. The Morgan fingerprint density at radius 2 is 1.67 bits per heavy atom. The maximum absolute atomic E-state index is 16.6. The number of aliphatic hydroxyl groups is 1. The van der Waals surface area contributed by atoms with Gasteiger partial charge < -0.3 is 25.2 Å². The summed E-state index contributed by atoms with van der Waals surface area (Å²) in [7, 11) is 0. The number of carbonyl (C=O) groups is 2. The van der Waals surface area contributed by atoms with Gasteiger partial charge in [-0.1, -0.05) is 80.5 Å². The molecule has 0 radical (unpaired) electrons. The Hall–Kier alpha value is -3.36. The van der Waals surface area contributed by atoms with Gasteiger partial charge in [-0.05, 0) is 192 Å². The van der Waals surface area contributed by atoms with Crippen LogP contribution in [0.25, 0.3) is 0 Å². The molecule has 8 heteroatoms. The van der Waals surface area contributed by atoms with Crippen molar-refractivity contribution in [3.8, 4) is 0 Å². The average molecular weight is 946 g/mol. The summed E-state index contributed by atoms with van der Waals surface area (Å²) in [5.41, 5.74) is 12.5. The summed E-state index contributed by atoms with van der Waals surface area (Å²) >= 11 is 0. The molecule has 16 unspecified atom stereocenters. The average Bonchev–Trinajstić information content (AvgIpc) is 4.18. The highest BCUT2D eigenvalue weighted by atomic mass is 16.6. The van der Waals surface area contributed by atoms with Crippen LogP contribution in [0.15, 0.2) is 64.3 Å². The third-order valence-corrected chi connectivity index (χ3v) is 24.9. The quantitative estimate of drug-likeness (QED) is 0.222. The van der Waals surface area contributed by atoms with Crippen LogP contribution in [0.2, 0.25) is 0 Å².